The first-order chi connectivity index (χ1) is 9.47. The highest BCUT2D eigenvalue weighted by molar-refractivity contribution is 5.94. The first-order valence-electron chi connectivity index (χ1n) is 7.56. The minimum absolute atomic E-state index is 0.0383. The molecule has 0 aromatic heterocycles. The van der Waals surface area contributed by atoms with Gasteiger partial charge in [0.1, 0.15) is 0 Å². The average Bonchev–Trinajstić information content (AvgIpc) is 2.91. The maximum atomic E-state index is 12.1. The fraction of sp³-hybridized carbons (Fsp3) is 0.588. The van der Waals surface area contributed by atoms with Gasteiger partial charge in [-0.15, -0.1) is 0 Å². The number of carbonyl (C=O) groups is 1. The van der Waals surface area contributed by atoms with E-state index in [1.165, 1.54) is 12.0 Å². The van der Waals surface area contributed by atoms with Gasteiger partial charge in [-0.25, -0.2) is 0 Å². The summed E-state index contributed by atoms with van der Waals surface area (Å²) in [7, 11) is 0. The lowest BCUT2D eigenvalue weighted by molar-refractivity contribution is 0.0951. The van der Waals surface area contributed by atoms with Crippen LogP contribution < -0.4 is 10.6 Å². The zero-order valence-electron chi connectivity index (χ0n) is 12.8. The van der Waals surface area contributed by atoms with Crippen molar-refractivity contribution in [2.45, 2.75) is 39.0 Å². The Kier molecular flexibility index (Phi) is 4.81. The summed E-state index contributed by atoms with van der Waals surface area (Å²) in [5, 5.41) is 6.37. The Morgan fingerprint density at radius 3 is 2.55 bits per heavy atom. The lowest BCUT2D eigenvalue weighted by Gasteiger charge is -2.19. The van der Waals surface area contributed by atoms with E-state index in [4.69, 9.17) is 0 Å². The highest BCUT2D eigenvalue weighted by Crippen LogP contribution is 2.22. The number of amides is 1. The topological polar surface area (TPSA) is 41.1 Å². The Morgan fingerprint density at radius 2 is 2.00 bits per heavy atom. The summed E-state index contributed by atoms with van der Waals surface area (Å²) in [6.45, 7) is 9.52. The monoisotopic (exact) mass is 274 g/mol. The molecule has 0 spiro atoms. The molecule has 1 unspecified atom stereocenters. The molecule has 1 saturated heterocycles. The van der Waals surface area contributed by atoms with Gasteiger partial charge in [-0.1, -0.05) is 32.9 Å². The predicted molar refractivity (Wildman–Crippen MR) is 83.1 cm³/mol. The van der Waals surface area contributed by atoms with E-state index in [0.717, 1.165) is 37.5 Å². The summed E-state index contributed by atoms with van der Waals surface area (Å²) >= 11 is 0. The van der Waals surface area contributed by atoms with Crippen LogP contribution in [-0.4, -0.2) is 25.5 Å². The Balaban J connectivity index is 1.82. The van der Waals surface area contributed by atoms with Crippen molar-refractivity contribution in [2.75, 3.05) is 19.6 Å². The van der Waals surface area contributed by atoms with Crippen molar-refractivity contribution in [1.29, 1.82) is 0 Å². The molecule has 1 aliphatic rings. The van der Waals surface area contributed by atoms with Crippen LogP contribution in [-0.2, 0) is 5.41 Å². The van der Waals surface area contributed by atoms with Gasteiger partial charge in [-0.3, -0.25) is 4.79 Å². The molecule has 3 heteroatoms. The second-order valence-electron chi connectivity index (χ2n) is 6.73. The van der Waals surface area contributed by atoms with Crippen LogP contribution in [0.25, 0.3) is 0 Å². The largest absolute Gasteiger partial charge is 0.352 e. The molecule has 1 fully saturated rings. The van der Waals surface area contributed by atoms with E-state index in [2.05, 4.69) is 43.5 Å². The van der Waals surface area contributed by atoms with Crippen LogP contribution >= 0.6 is 0 Å². The van der Waals surface area contributed by atoms with E-state index in [9.17, 15) is 4.79 Å². The van der Waals surface area contributed by atoms with E-state index in [1.54, 1.807) is 0 Å². The Labute approximate surface area is 122 Å². The van der Waals surface area contributed by atoms with Crippen molar-refractivity contribution in [1.82, 2.24) is 10.6 Å². The Bertz CT molecular complexity index is 439. The normalized spacial score (nSPS) is 19.1. The highest BCUT2D eigenvalue weighted by atomic mass is 16.1. The van der Waals surface area contributed by atoms with Crippen LogP contribution in [0.4, 0.5) is 0 Å². The van der Waals surface area contributed by atoms with Gasteiger partial charge in [-0.2, -0.15) is 0 Å². The van der Waals surface area contributed by atoms with E-state index in [1.807, 2.05) is 12.1 Å². The Hall–Kier alpha value is -1.35. The number of rotatable bonds is 4. The average molecular weight is 274 g/mol. The number of benzene rings is 1. The number of carbonyl (C=O) groups excluding carboxylic acids is 1. The molecule has 0 bridgehead atoms. The molecule has 1 aromatic rings. The minimum Gasteiger partial charge on any atom is -0.352 e. The van der Waals surface area contributed by atoms with Gasteiger partial charge in [0.25, 0.3) is 5.91 Å². The Morgan fingerprint density at radius 1 is 1.30 bits per heavy atom. The standard InChI is InChI=1S/C17H26N2O/c1-17(2,3)15-6-4-14(5-7-15)16(20)19-11-9-13-8-10-18-12-13/h4-7,13,18H,8-12H2,1-3H3,(H,19,20). The van der Waals surface area contributed by atoms with Gasteiger partial charge in [-0.05, 0) is 55.0 Å². The first-order valence-corrected chi connectivity index (χ1v) is 7.56. The van der Waals surface area contributed by atoms with Gasteiger partial charge in [0, 0.05) is 12.1 Å². The third-order valence-corrected chi connectivity index (χ3v) is 4.01. The zero-order chi connectivity index (χ0) is 14.6. The van der Waals surface area contributed by atoms with Crippen molar-refractivity contribution in [3.63, 3.8) is 0 Å². The molecule has 20 heavy (non-hydrogen) atoms. The fourth-order valence-corrected chi connectivity index (χ4v) is 2.57. The van der Waals surface area contributed by atoms with E-state index >= 15 is 0 Å². The molecule has 1 heterocycles. The molecule has 0 aliphatic carbocycles. The quantitative estimate of drug-likeness (QED) is 0.886. The highest BCUT2D eigenvalue weighted by Gasteiger charge is 2.16. The minimum atomic E-state index is 0.0383. The van der Waals surface area contributed by atoms with Crippen LogP contribution in [0.3, 0.4) is 0 Å². The molecule has 2 rings (SSSR count). The van der Waals surface area contributed by atoms with Crippen LogP contribution in [0, 0.1) is 5.92 Å². The predicted octanol–water partition coefficient (Wildman–Crippen LogP) is 2.71. The zero-order valence-corrected chi connectivity index (χ0v) is 12.8. The van der Waals surface area contributed by atoms with Gasteiger partial charge >= 0.3 is 0 Å². The van der Waals surface area contributed by atoms with E-state index in [-0.39, 0.29) is 11.3 Å². The van der Waals surface area contributed by atoms with Crippen LogP contribution in [0.5, 0.6) is 0 Å². The number of hydrogen-bond donors (Lipinski definition) is 2. The van der Waals surface area contributed by atoms with Crippen LogP contribution in [0.2, 0.25) is 0 Å². The lowest BCUT2D eigenvalue weighted by atomic mass is 9.87. The second kappa shape index (κ2) is 6.40. The van der Waals surface area contributed by atoms with Crippen molar-refractivity contribution >= 4 is 5.91 Å². The van der Waals surface area contributed by atoms with Crippen molar-refractivity contribution in [2.24, 2.45) is 5.92 Å². The summed E-state index contributed by atoms with van der Waals surface area (Å²) in [4.78, 5) is 12.1. The summed E-state index contributed by atoms with van der Waals surface area (Å²) in [6.07, 6.45) is 2.30. The van der Waals surface area contributed by atoms with Crippen molar-refractivity contribution in [3.05, 3.63) is 35.4 Å². The van der Waals surface area contributed by atoms with Crippen LogP contribution in [0.1, 0.15) is 49.5 Å². The van der Waals surface area contributed by atoms with Gasteiger partial charge in [0.15, 0.2) is 0 Å². The molecule has 0 radical (unpaired) electrons. The second-order valence-corrected chi connectivity index (χ2v) is 6.73. The molecular weight excluding hydrogens is 248 g/mol. The molecule has 0 saturated carbocycles. The summed E-state index contributed by atoms with van der Waals surface area (Å²) in [5.41, 5.74) is 2.14. The molecule has 3 nitrogen and oxygen atoms in total. The molecule has 110 valence electrons. The van der Waals surface area contributed by atoms with Crippen molar-refractivity contribution < 1.29 is 4.79 Å². The number of hydrogen-bond acceptors (Lipinski definition) is 2. The fourth-order valence-electron chi connectivity index (χ4n) is 2.57. The molecule has 1 aliphatic heterocycles. The summed E-state index contributed by atoms with van der Waals surface area (Å²) in [5.74, 6) is 0.759. The smallest absolute Gasteiger partial charge is 0.251 e. The lowest BCUT2D eigenvalue weighted by Crippen LogP contribution is -2.26. The number of nitrogens with one attached hydrogen (secondary N) is 2. The summed E-state index contributed by atoms with van der Waals surface area (Å²) < 4.78 is 0. The van der Waals surface area contributed by atoms with E-state index in [0.29, 0.717) is 0 Å². The molecule has 1 aromatic carbocycles. The molecule has 2 N–H and O–H groups in total. The maximum absolute atomic E-state index is 12.1. The van der Waals surface area contributed by atoms with Gasteiger partial charge in [0.05, 0.1) is 0 Å². The van der Waals surface area contributed by atoms with Crippen molar-refractivity contribution in [3.8, 4) is 0 Å². The molecular formula is C17H26N2O. The van der Waals surface area contributed by atoms with E-state index < -0.39 is 0 Å². The third kappa shape index (κ3) is 4.07. The molecule has 1 amide bonds. The SMILES string of the molecule is CC(C)(C)c1ccc(C(=O)NCCC2CCNC2)cc1. The third-order valence-electron chi connectivity index (χ3n) is 4.01. The maximum Gasteiger partial charge on any atom is 0.251 e. The van der Waals surface area contributed by atoms with Gasteiger partial charge in [0.2, 0.25) is 0 Å². The summed E-state index contributed by atoms with van der Waals surface area (Å²) in [6, 6.07) is 7.95. The molecule has 1 atom stereocenters. The van der Waals surface area contributed by atoms with Crippen LogP contribution in [0.15, 0.2) is 24.3 Å². The first kappa shape index (κ1) is 15.0. The van der Waals surface area contributed by atoms with Gasteiger partial charge < -0.3 is 10.6 Å².